The van der Waals surface area contributed by atoms with Crippen LogP contribution in [0.4, 0.5) is 4.79 Å². The van der Waals surface area contributed by atoms with Gasteiger partial charge in [-0.2, -0.15) is 0 Å². The van der Waals surface area contributed by atoms with Crippen LogP contribution in [0.15, 0.2) is 0 Å². The first kappa shape index (κ1) is 16.6. The molecule has 0 aromatic rings. The summed E-state index contributed by atoms with van der Waals surface area (Å²) in [6.07, 6.45) is 9.08. The summed E-state index contributed by atoms with van der Waals surface area (Å²) in [5.41, 5.74) is 0.232. The highest BCUT2D eigenvalue weighted by Crippen LogP contribution is 2.40. The molecule has 0 atom stereocenters. The van der Waals surface area contributed by atoms with Gasteiger partial charge >= 0.3 is 6.03 Å². The normalized spacial score (nSPS) is 28.3. The van der Waals surface area contributed by atoms with E-state index in [9.17, 15) is 9.90 Å². The number of carbonyl (C=O) groups excluding carboxylic acids is 1. The standard InChI is InChI=1S/C16H30N2O3/c1-21-11-10-16(8-2-3-9-16)12-17-15(20)18-13-4-6-14(19)7-5-13/h13-14,19H,2-12H2,1H3,(H2,17,18,20). The Morgan fingerprint density at radius 3 is 2.52 bits per heavy atom. The number of aliphatic hydroxyl groups excluding tert-OH is 1. The molecule has 0 radical (unpaired) electrons. The molecule has 21 heavy (non-hydrogen) atoms. The lowest BCUT2D eigenvalue weighted by Gasteiger charge is -2.30. The summed E-state index contributed by atoms with van der Waals surface area (Å²) in [7, 11) is 1.74. The molecule has 2 saturated carbocycles. The number of amides is 2. The van der Waals surface area contributed by atoms with Crippen LogP contribution in [0.25, 0.3) is 0 Å². The van der Waals surface area contributed by atoms with Gasteiger partial charge in [-0.1, -0.05) is 12.8 Å². The van der Waals surface area contributed by atoms with Crippen LogP contribution in [0.2, 0.25) is 0 Å². The predicted molar refractivity (Wildman–Crippen MR) is 82.2 cm³/mol. The van der Waals surface area contributed by atoms with Gasteiger partial charge in [-0.05, 0) is 50.4 Å². The van der Waals surface area contributed by atoms with E-state index in [0.717, 1.165) is 45.3 Å². The summed E-state index contributed by atoms with van der Waals surface area (Å²) in [6, 6.07) is 0.159. The summed E-state index contributed by atoms with van der Waals surface area (Å²) in [4.78, 5) is 12.0. The van der Waals surface area contributed by atoms with Gasteiger partial charge in [-0.3, -0.25) is 0 Å². The Balaban J connectivity index is 1.71. The smallest absolute Gasteiger partial charge is 0.315 e. The summed E-state index contributed by atoms with van der Waals surface area (Å²) in [5.74, 6) is 0. The minimum atomic E-state index is -0.179. The number of nitrogens with one attached hydrogen (secondary N) is 2. The first-order valence-electron chi connectivity index (χ1n) is 8.35. The highest BCUT2D eigenvalue weighted by molar-refractivity contribution is 5.74. The number of aliphatic hydroxyl groups is 1. The zero-order chi connectivity index (χ0) is 15.1. The first-order chi connectivity index (χ1) is 10.1. The second-order valence-corrected chi connectivity index (χ2v) is 6.78. The van der Waals surface area contributed by atoms with Crippen LogP contribution in [0.3, 0.4) is 0 Å². The Morgan fingerprint density at radius 1 is 1.24 bits per heavy atom. The Hall–Kier alpha value is -0.810. The quantitative estimate of drug-likeness (QED) is 0.704. The van der Waals surface area contributed by atoms with E-state index in [4.69, 9.17) is 4.74 Å². The van der Waals surface area contributed by atoms with Crippen molar-refractivity contribution in [2.24, 2.45) is 5.41 Å². The lowest BCUT2D eigenvalue weighted by atomic mass is 9.83. The van der Waals surface area contributed by atoms with Crippen LogP contribution < -0.4 is 10.6 Å². The van der Waals surface area contributed by atoms with E-state index in [1.807, 2.05) is 0 Å². The van der Waals surface area contributed by atoms with E-state index in [1.54, 1.807) is 7.11 Å². The summed E-state index contributed by atoms with van der Waals surface area (Å²) >= 11 is 0. The van der Waals surface area contributed by atoms with Crippen molar-refractivity contribution in [1.82, 2.24) is 10.6 Å². The van der Waals surface area contributed by atoms with E-state index in [0.29, 0.717) is 0 Å². The van der Waals surface area contributed by atoms with Gasteiger partial charge in [-0.15, -0.1) is 0 Å². The van der Waals surface area contributed by atoms with Crippen LogP contribution >= 0.6 is 0 Å². The molecule has 3 N–H and O–H groups in total. The zero-order valence-electron chi connectivity index (χ0n) is 13.2. The van der Waals surface area contributed by atoms with E-state index in [1.165, 1.54) is 25.7 Å². The third kappa shape index (κ3) is 5.15. The Bertz CT molecular complexity index is 321. The monoisotopic (exact) mass is 298 g/mol. The zero-order valence-corrected chi connectivity index (χ0v) is 13.2. The lowest BCUT2D eigenvalue weighted by molar-refractivity contribution is 0.116. The van der Waals surface area contributed by atoms with Crippen molar-refractivity contribution in [2.75, 3.05) is 20.3 Å². The van der Waals surface area contributed by atoms with Crippen LogP contribution in [0.1, 0.15) is 57.8 Å². The van der Waals surface area contributed by atoms with Crippen LogP contribution in [-0.4, -0.2) is 43.5 Å². The van der Waals surface area contributed by atoms with Gasteiger partial charge in [0.15, 0.2) is 0 Å². The van der Waals surface area contributed by atoms with Crippen molar-refractivity contribution in [3.8, 4) is 0 Å². The Morgan fingerprint density at radius 2 is 1.90 bits per heavy atom. The molecule has 0 unspecified atom stereocenters. The molecule has 2 rings (SSSR count). The first-order valence-corrected chi connectivity index (χ1v) is 8.35. The molecule has 0 spiro atoms. The van der Waals surface area contributed by atoms with Crippen LogP contribution in [-0.2, 0) is 4.74 Å². The van der Waals surface area contributed by atoms with Gasteiger partial charge in [0, 0.05) is 26.3 Å². The molecule has 2 fully saturated rings. The van der Waals surface area contributed by atoms with Gasteiger partial charge in [-0.25, -0.2) is 4.79 Å². The largest absolute Gasteiger partial charge is 0.393 e. The molecule has 0 bridgehead atoms. The molecular formula is C16H30N2O3. The maximum absolute atomic E-state index is 12.0. The molecule has 0 saturated heterocycles. The SMILES string of the molecule is COCCC1(CNC(=O)NC2CCC(O)CC2)CCCC1. The molecule has 5 heteroatoms. The molecule has 5 nitrogen and oxygen atoms in total. The molecule has 0 heterocycles. The maximum Gasteiger partial charge on any atom is 0.315 e. The molecule has 2 aliphatic carbocycles. The highest BCUT2D eigenvalue weighted by atomic mass is 16.5. The van der Waals surface area contributed by atoms with Crippen LogP contribution in [0.5, 0.6) is 0 Å². The summed E-state index contributed by atoms with van der Waals surface area (Å²) in [6.45, 7) is 1.52. The molecular weight excluding hydrogens is 268 g/mol. The van der Waals surface area contributed by atoms with Gasteiger partial charge in [0.2, 0.25) is 0 Å². The second-order valence-electron chi connectivity index (χ2n) is 6.78. The van der Waals surface area contributed by atoms with Crippen molar-refractivity contribution in [1.29, 1.82) is 0 Å². The van der Waals surface area contributed by atoms with E-state index >= 15 is 0 Å². The average molecular weight is 298 g/mol. The number of methoxy groups -OCH3 is 1. The number of rotatable bonds is 6. The summed E-state index contributed by atoms with van der Waals surface area (Å²) < 4.78 is 5.22. The fourth-order valence-corrected chi connectivity index (χ4v) is 3.68. The number of hydrogen-bond acceptors (Lipinski definition) is 3. The number of hydrogen-bond donors (Lipinski definition) is 3. The van der Waals surface area contributed by atoms with Gasteiger partial charge in [0.1, 0.15) is 0 Å². The Labute approximate surface area is 127 Å². The Kier molecular flexibility index (Phi) is 6.30. The lowest BCUT2D eigenvalue weighted by Crippen LogP contribution is -2.47. The minimum Gasteiger partial charge on any atom is -0.393 e. The highest BCUT2D eigenvalue weighted by Gasteiger charge is 2.34. The molecule has 0 aromatic heterocycles. The maximum atomic E-state index is 12.0. The third-order valence-corrected chi connectivity index (χ3v) is 5.16. The second kappa shape index (κ2) is 7.99. The average Bonchev–Trinajstić information content (AvgIpc) is 2.95. The van der Waals surface area contributed by atoms with Crippen molar-refractivity contribution in [2.45, 2.75) is 69.9 Å². The molecule has 0 aromatic carbocycles. The predicted octanol–water partition coefficient (Wildman–Crippen LogP) is 2.19. The van der Waals surface area contributed by atoms with Gasteiger partial charge < -0.3 is 20.5 Å². The number of ether oxygens (including phenoxy) is 1. The van der Waals surface area contributed by atoms with Crippen molar-refractivity contribution in [3.63, 3.8) is 0 Å². The molecule has 0 aliphatic heterocycles. The van der Waals surface area contributed by atoms with Crippen molar-refractivity contribution < 1.29 is 14.6 Å². The number of urea groups is 1. The van der Waals surface area contributed by atoms with E-state index in [2.05, 4.69) is 10.6 Å². The van der Waals surface area contributed by atoms with Crippen molar-refractivity contribution >= 4 is 6.03 Å². The van der Waals surface area contributed by atoms with Crippen LogP contribution in [0, 0.1) is 5.41 Å². The topological polar surface area (TPSA) is 70.6 Å². The minimum absolute atomic E-state index is 0.0555. The third-order valence-electron chi connectivity index (χ3n) is 5.16. The fraction of sp³-hybridized carbons (Fsp3) is 0.938. The molecule has 2 aliphatic rings. The van der Waals surface area contributed by atoms with E-state index < -0.39 is 0 Å². The molecule has 2 amide bonds. The number of carbonyl (C=O) groups is 1. The fourth-order valence-electron chi connectivity index (χ4n) is 3.68. The molecule has 122 valence electrons. The van der Waals surface area contributed by atoms with E-state index in [-0.39, 0.29) is 23.6 Å². The van der Waals surface area contributed by atoms with Crippen molar-refractivity contribution in [3.05, 3.63) is 0 Å². The van der Waals surface area contributed by atoms with Gasteiger partial charge in [0.25, 0.3) is 0 Å². The van der Waals surface area contributed by atoms with Gasteiger partial charge in [0.05, 0.1) is 6.10 Å². The summed E-state index contributed by atoms with van der Waals surface area (Å²) in [5, 5.41) is 15.6.